The van der Waals surface area contributed by atoms with Gasteiger partial charge < -0.3 is 9.47 Å². The van der Waals surface area contributed by atoms with E-state index in [9.17, 15) is 9.59 Å². The molecule has 110 valence electrons. The molecule has 0 saturated carbocycles. The lowest BCUT2D eigenvalue weighted by Gasteiger charge is -2.04. The predicted molar refractivity (Wildman–Crippen MR) is 73.5 cm³/mol. The molecule has 0 aliphatic rings. The van der Waals surface area contributed by atoms with Crippen molar-refractivity contribution in [3.05, 3.63) is 59.9 Å². The Balaban J connectivity index is 1.74. The van der Waals surface area contributed by atoms with E-state index in [2.05, 4.69) is 20.4 Å². The number of esters is 2. The zero-order valence-corrected chi connectivity index (χ0v) is 11.1. The number of aromatic nitrogens is 4. The largest absolute Gasteiger partial charge is 0.404 e. The average molecular weight is 298 g/mol. The Morgan fingerprint density at radius 1 is 0.818 bits per heavy atom. The quantitative estimate of drug-likeness (QED) is 0.707. The van der Waals surface area contributed by atoms with Crippen LogP contribution in [0.25, 0.3) is 0 Å². The maximum Gasteiger partial charge on any atom is 0.344 e. The fraction of sp³-hybridized carbons (Fsp3) is 0. The molecule has 22 heavy (non-hydrogen) atoms. The molecule has 0 amide bonds. The molecule has 3 aromatic rings. The van der Waals surface area contributed by atoms with Gasteiger partial charge in [0.1, 0.15) is 0 Å². The van der Waals surface area contributed by atoms with Crippen LogP contribution >= 0.6 is 0 Å². The lowest BCUT2D eigenvalue weighted by molar-refractivity contribution is 0.0727. The number of benzene rings is 1. The number of nitrogens with zero attached hydrogens (tertiary/aromatic N) is 2. The van der Waals surface area contributed by atoms with E-state index in [1.54, 1.807) is 6.07 Å². The summed E-state index contributed by atoms with van der Waals surface area (Å²) in [5, 5.41) is 12.4. The highest BCUT2D eigenvalue weighted by atomic mass is 16.5. The molecular formula is C14H10N4O4. The predicted octanol–water partition coefficient (Wildman–Crippen LogP) is 1.57. The smallest absolute Gasteiger partial charge is 0.344 e. The lowest BCUT2D eigenvalue weighted by Crippen LogP contribution is -2.12. The van der Waals surface area contributed by atoms with Crippen molar-refractivity contribution < 1.29 is 19.1 Å². The summed E-state index contributed by atoms with van der Waals surface area (Å²) in [5.41, 5.74) is 0.433. The van der Waals surface area contributed by atoms with Gasteiger partial charge in [0.25, 0.3) is 0 Å². The van der Waals surface area contributed by atoms with Crippen LogP contribution in [-0.2, 0) is 0 Å². The Kier molecular flexibility index (Phi) is 3.65. The van der Waals surface area contributed by atoms with Gasteiger partial charge in [-0.2, -0.15) is 10.2 Å². The third kappa shape index (κ3) is 3.01. The highest BCUT2D eigenvalue weighted by Gasteiger charge is 2.14. The maximum absolute atomic E-state index is 12.0. The van der Waals surface area contributed by atoms with Crippen molar-refractivity contribution in [1.29, 1.82) is 0 Å². The van der Waals surface area contributed by atoms with Crippen LogP contribution in [0.2, 0.25) is 0 Å². The monoisotopic (exact) mass is 298 g/mol. The molecule has 2 N–H and O–H groups in total. The summed E-state index contributed by atoms with van der Waals surface area (Å²) in [6.45, 7) is 0. The summed E-state index contributed by atoms with van der Waals surface area (Å²) in [6, 6.07) is 9.03. The molecule has 0 bridgehead atoms. The van der Waals surface area contributed by atoms with Crippen molar-refractivity contribution >= 4 is 11.9 Å². The van der Waals surface area contributed by atoms with Gasteiger partial charge >= 0.3 is 11.9 Å². The third-order valence-corrected chi connectivity index (χ3v) is 2.69. The standard InChI is InChI=1S/C14H10N4O4/c19-13(21-11-4-6-15-17-11)9-2-1-3-10(8-9)14(20)22-12-5-7-16-18-12/h1-8H,(H,15,17)(H,16,18). The molecule has 2 aromatic heterocycles. The van der Waals surface area contributed by atoms with E-state index in [0.29, 0.717) is 0 Å². The number of H-pyrrole nitrogens is 2. The average Bonchev–Trinajstić information content (AvgIpc) is 3.21. The fourth-order valence-corrected chi connectivity index (χ4v) is 1.69. The lowest BCUT2D eigenvalue weighted by atomic mass is 10.1. The molecule has 0 aliphatic carbocycles. The zero-order valence-electron chi connectivity index (χ0n) is 11.1. The van der Waals surface area contributed by atoms with Crippen molar-refractivity contribution in [3.63, 3.8) is 0 Å². The summed E-state index contributed by atoms with van der Waals surface area (Å²) in [5.74, 6) is -0.785. The molecule has 0 aliphatic heterocycles. The second kappa shape index (κ2) is 5.92. The molecular weight excluding hydrogens is 288 g/mol. The van der Waals surface area contributed by atoms with E-state index in [4.69, 9.17) is 9.47 Å². The summed E-state index contributed by atoms with van der Waals surface area (Å²) in [6.07, 6.45) is 2.92. The topological polar surface area (TPSA) is 110 Å². The molecule has 1 aromatic carbocycles. The van der Waals surface area contributed by atoms with Crippen molar-refractivity contribution in [2.24, 2.45) is 0 Å². The molecule has 0 spiro atoms. The van der Waals surface area contributed by atoms with Crippen LogP contribution in [-0.4, -0.2) is 32.3 Å². The Morgan fingerprint density at radius 2 is 1.32 bits per heavy atom. The van der Waals surface area contributed by atoms with Gasteiger partial charge in [0, 0.05) is 12.1 Å². The second-order valence-corrected chi connectivity index (χ2v) is 4.20. The van der Waals surface area contributed by atoms with Crippen LogP contribution in [0.3, 0.4) is 0 Å². The van der Waals surface area contributed by atoms with E-state index in [0.717, 1.165) is 0 Å². The van der Waals surface area contributed by atoms with E-state index < -0.39 is 11.9 Å². The van der Waals surface area contributed by atoms with Gasteiger partial charge in [0.15, 0.2) is 0 Å². The second-order valence-electron chi connectivity index (χ2n) is 4.20. The normalized spacial score (nSPS) is 10.2. The first-order valence-corrected chi connectivity index (χ1v) is 6.25. The minimum absolute atomic E-state index is 0.216. The molecule has 0 atom stereocenters. The fourth-order valence-electron chi connectivity index (χ4n) is 1.69. The van der Waals surface area contributed by atoms with Crippen LogP contribution in [0.4, 0.5) is 0 Å². The molecule has 8 nitrogen and oxygen atoms in total. The van der Waals surface area contributed by atoms with Gasteiger partial charge in [-0.15, -0.1) is 0 Å². The van der Waals surface area contributed by atoms with Gasteiger partial charge in [-0.05, 0) is 18.2 Å². The highest BCUT2D eigenvalue weighted by Crippen LogP contribution is 2.12. The van der Waals surface area contributed by atoms with Gasteiger partial charge in [0.2, 0.25) is 11.8 Å². The zero-order chi connectivity index (χ0) is 15.4. The first-order chi connectivity index (χ1) is 10.7. The SMILES string of the molecule is O=C(Oc1ccn[nH]1)c1cccc(C(=O)Oc2ccn[nH]2)c1. The third-order valence-electron chi connectivity index (χ3n) is 2.69. The minimum Gasteiger partial charge on any atom is -0.404 e. The van der Waals surface area contributed by atoms with Gasteiger partial charge in [-0.1, -0.05) is 6.07 Å². The highest BCUT2D eigenvalue weighted by molar-refractivity contribution is 5.96. The molecule has 0 unspecified atom stereocenters. The number of carbonyl (C=O) groups is 2. The van der Waals surface area contributed by atoms with Gasteiger partial charge in [-0.25, -0.2) is 19.8 Å². The summed E-state index contributed by atoms with van der Waals surface area (Å²) < 4.78 is 10.1. The van der Waals surface area contributed by atoms with Gasteiger partial charge in [-0.3, -0.25) is 0 Å². The number of nitrogens with one attached hydrogen (secondary N) is 2. The van der Waals surface area contributed by atoms with Crippen molar-refractivity contribution in [2.45, 2.75) is 0 Å². The van der Waals surface area contributed by atoms with Crippen LogP contribution in [0.5, 0.6) is 11.8 Å². The number of carbonyl (C=O) groups excluding carboxylic acids is 2. The summed E-state index contributed by atoms with van der Waals surface area (Å²) in [4.78, 5) is 23.9. The molecule has 2 heterocycles. The Labute approximate surface area is 124 Å². The van der Waals surface area contributed by atoms with E-state index in [1.165, 1.54) is 42.7 Å². The van der Waals surface area contributed by atoms with E-state index in [-0.39, 0.29) is 22.9 Å². The van der Waals surface area contributed by atoms with Crippen LogP contribution in [0, 0.1) is 0 Å². The van der Waals surface area contributed by atoms with Crippen molar-refractivity contribution in [1.82, 2.24) is 20.4 Å². The first kappa shape index (κ1) is 13.6. The van der Waals surface area contributed by atoms with Gasteiger partial charge in [0.05, 0.1) is 23.5 Å². The number of rotatable bonds is 4. The molecule has 0 fully saturated rings. The number of aromatic amines is 2. The number of ether oxygens (including phenoxy) is 2. The van der Waals surface area contributed by atoms with Crippen LogP contribution in [0.15, 0.2) is 48.8 Å². The number of hydrogen-bond acceptors (Lipinski definition) is 6. The van der Waals surface area contributed by atoms with Crippen molar-refractivity contribution in [2.75, 3.05) is 0 Å². The molecule has 3 rings (SSSR count). The van der Waals surface area contributed by atoms with Crippen molar-refractivity contribution in [3.8, 4) is 11.8 Å². The Hall–Kier alpha value is -3.42. The molecule has 0 saturated heterocycles. The Morgan fingerprint density at radius 3 is 1.73 bits per heavy atom. The van der Waals surface area contributed by atoms with E-state index >= 15 is 0 Å². The minimum atomic E-state index is -0.611. The Bertz CT molecular complexity index is 718. The number of hydrogen-bond donors (Lipinski definition) is 2. The molecule has 8 heteroatoms. The van der Waals surface area contributed by atoms with Crippen LogP contribution in [0.1, 0.15) is 20.7 Å². The maximum atomic E-state index is 12.0. The summed E-state index contributed by atoms with van der Waals surface area (Å²) >= 11 is 0. The first-order valence-electron chi connectivity index (χ1n) is 6.25. The summed E-state index contributed by atoms with van der Waals surface area (Å²) in [7, 11) is 0. The molecule has 0 radical (unpaired) electrons. The van der Waals surface area contributed by atoms with Crippen LogP contribution < -0.4 is 9.47 Å². The van der Waals surface area contributed by atoms with E-state index in [1.807, 2.05) is 0 Å².